The second-order valence-electron chi connectivity index (χ2n) is 5.28. The molecule has 0 aromatic heterocycles. The molecule has 0 aliphatic rings. The first-order valence-corrected chi connectivity index (χ1v) is 9.49. The lowest BCUT2D eigenvalue weighted by Gasteiger charge is -2.15. The van der Waals surface area contributed by atoms with Crippen molar-refractivity contribution < 1.29 is 13.2 Å². The van der Waals surface area contributed by atoms with Gasteiger partial charge in [-0.05, 0) is 55.4 Å². The van der Waals surface area contributed by atoms with Gasteiger partial charge in [-0.2, -0.15) is 0 Å². The van der Waals surface area contributed by atoms with E-state index in [1.54, 1.807) is 12.1 Å². The van der Waals surface area contributed by atoms with Crippen molar-refractivity contribution >= 4 is 19.7 Å². The maximum Gasteiger partial charge on any atom is 0.261 e. The molecule has 5 heteroatoms. The van der Waals surface area contributed by atoms with Gasteiger partial charge in [0.05, 0.1) is 11.5 Å². The minimum absolute atomic E-state index is 0.117. The Bertz CT molecular complexity index is 565. The van der Waals surface area contributed by atoms with Crippen LogP contribution in [0.2, 0.25) is 0 Å². The zero-order valence-electron chi connectivity index (χ0n) is 12.6. The summed E-state index contributed by atoms with van der Waals surface area (Å²) in [6.45, 7) is 8.32. The SMILES string of the molecule is C=CCCCCCOc1ccc(S(=O)(=O)Cl)cc1C(C)C. The maximum absolute atomic E-state index is 11.4. The van der Waals surface area contributed by atoms with Gasteiger partial charge in [-0.25, -0.2) is 8.42 Å². The number of halogens is 1. The van der Waals surface area contributed by atoms with Gasteiger partial charge in [0, 0.05) is 10.7 Å². The molecule has 0 saturated heterocycles. The van der Waals surface area contributed by atoms with Gasteiger partial charge in [-0.1, -0.05) is 19.9 Å². The summed E-state index contributed by atoms with van der Waals surface area (Å²) < 4.78 is 28.6. The Morgan fingerprint density at radius 1 is 1.29 bits per heavy atom. The Morgan fingerprint density at radius 2 is 2.00 bits per heavy atom. The number of allylic oxidation sites excluding steroid dienone is 1. The molecule has 1 rings (SSSR count). The van der Waals surface area contributed by atoms with Crippen molar-refractivity contribution in [3.63, 3.8) is 0 Å². The molecule has 0 fully saturated rings. The molecule has 0 radical (unpaired) electrons. The van der Waals surface area contributed by atoms with Crippen LogP contribution in [0.5, 0.6) is 5.75 Å². The molecule has 0 spiro atoms. The minimum atomic E-state index is -3.70. The van der Waals surface area contributed by atoms with Gasteiger partial charge >= 0.3 is 0 Å². The molecule has 0 aliphatic heterocycles. The summed E-state index contributed by atoms with van der Waals surface area (Å²) in [6.07, 6.45) is 6.13. The van der Waals surface area contributed by atoms with Crippen molar-refractivity contribution in [1.29, 1.82) is 0 Å². The molecule has 0 atom stereocenters. The third kappa shape index (κ3) is 6.10. The Kier molecular flexibility index (Phi) is 7.26. The fourth-order valence-corrected chi connectivity index (χ4v) is 2.80. The van der Waals surface area contributed by atoms with Crippen LogP contribution in [0.15, 0.2) is 35.7 Å². The van der Waals surface area contributed by atoms with Crippen LogP contribution in [-0.2, 0) is 9.05 Å². The van der Waals surface area contributed by atoms with Crippen LogP contribution in [0.3, 0.4) is 0 Å². The van der Waals surface area contributed by atoms with Crippen LogP contribution in [0, 0.1) is 0 Å². The molecule has 21 heavy (non-hydrogen) atoms. The fourth-order valence-electron chi connectivity index (χ4n) is 2.01. The quantitative estimate of drug-likeness (QED) is 0.369. The summed E-state index contributed by atoms with van der Waals surface area (Å²) in [5.41, 5.74) is 0.864. The first kappa shape index (κ1) is 18.1. The molecule has 0 saturated carbocycles. The number of benzene rings is 1. The first-order valence-electron chi connectivity index (χ1n) is 7.18. The first-order chi connectivity index (χ1) is 9.86. The van der Waals surface area contributed by atoms with E-state index in [9.17, 15) is 8.42 Å². The van der Waals surface area contributed by atoms with E-state index in [1.807, 2.05) is 19.9 Å². The number of unbranched alkanes of at least 4 members (excludes halogenated alkanes) is 3. The number of ether oxygens (including phenoxy) is 1. The van der Waals surface area contributed by atoms with Gasteiger partial charge in [-0.3, -0.25) is 0 Å². The van der Waals surface area contributed by atoms with Gasteiger partial charge in [0.2, 0.25) is 0 Å². The van der Waals surface area contributed by atoms with Gasteiger partial charge in [-0.15, -0.1) is 6.58 Å². The molecular formula is C16H23ClO3S. The lowest BCUT2D eigenvalue weighted by molar-refractivity contribution is 0.301. The number of hydrogen-bond acceptors (Lipinski definition) is 3. The highest BCUT2D eigenvalue weighted by Crippen LogP contribution is 2.30. The lowest BCUT2D eigenvalue weighted by Crippen LogP contribution is -2.03. The van der Waals surface area contributed by atoms with E-state index in [-0.39, 0.29) is 10.8 Å². The van der Waals surface area contributed by atoms with E-state index >= 15 is 0 Å². The van der Waals surface area contributed by atoms with E-state index in [0.717, 1.165) is 37.0 Å². The summed E-state index contributed by atoms with van der Waals surface area (Å²) in [5.74, 6) is 0.900. The molecule has 1 aromatic rings. The molecule has 0 aliphatic carbocycles. The molecule has 1 aromatic carbocycles. The highest BCUT2D eigenvalue weighted by Gasteiger charge is 2.15. The summed E-state index contributed by atoms with van der Waals surface area (Å²) in [7, 11) is 1.68. The van der Waals surface area contributed by atoms with Gasteiger partial charge in [0.25, 0.3) is 9.05 Å². The van der Waals surface area contributed by atoms with E-state index in [2.05, 4.69) is 6.58 Å². The number of rotatable bonds is 9. The third-order valence-corrected chi connectivity index (χ3v) is 4.55. The average Bonchev–Trinajstić information content (AvgIpc) is 2.41. The summed E-state index contributed by atoms with van der Waals surface area (Å²) in [5, 5.41) is 0. The molecule has 118 valence electrons. The Labute approximate surface area is 132 Å². The van der Waals surface area contributed by atoms with Crippen molar-refractivity contribution in [2.45, 2.75) is 50.3 Å². The van der Waals surface area contributed by atoms with Crippen molar-refractivity contribution in [3.05, 3.63) is 36.4 Å². The maximum atomic E-state index is 11.4. The van der Waals surface area contributed by atoms with E-state index in [0.29, 0.717) is 6.61 Å². The second kappa shape index (κ2) is 8.44. The third-order valence-electron chi connectivity index (χ3n) is 3.19. The number of hydrogen-bond donors (Lipinski definition) is 0. The van der Waals surface area contributed by atoms with Crippen molar-refractivity contribution in [2.75, 3.05) is 6.61 Å². The molecule has 3 nitrogen and oxygen atoms in total. The van der Waals surface area contributed by atoms with Gasteiger partial charge in [0.15, 0.2) is 0 Å². The van der Waals surface area contributed by atoms with E-state index in [4.69, 9.17) is 15.4 Å². The van der Waals surface area contributed by atoms with Crippen LogP contribution in [0.25, 0.3) is 0 Å². The second-order valence-corrected chi connectivity index (χ2v) is 7.84. The molecule has 0 amide bonds. The van der Waals surface area contributed by atoms with E-state index in [1.165, 1.54) is 6.07 Å². The van der Waals surface area contributed by atoms with Crippen LogP contribution < -0.4 is 4.74 Å². The van der Waals surface area contributed by atoms with Crippen LogP contribution in [0.1, 0.15) is 51.0 Å². The topological polar surface area (TPSA) is 43.4 Å². The monoisotopic (exact) mass is 330 g/mol. The summed E-state index contributed by atoms with van der Waals surface area (Å²) in [6, 6.07) is 4.77. The van der Waals surface area contributed by atoms with Crippen molar-refractivity contribution in [2.24, 2.45) is 0 Å². The zero-order chi connectivity index (χ0) is 15.9. The average molecular weight is 331 g/mol. The van der Waals surface area contributed by atoms with Crippen molar-refractivity contribution in [1.82, 2.24) is 0 Å². The predicted octanol–water partition coefficient (Wildman–Crippen LogP) is 4.86. The highest BCUT2D eigenvalue weighted by molar-refractivity contribution is 8.13. The molecule has 0 heterocycles. The molecule has 0 N–H and O–H groups in total. The van der Waals surface area contributed by atoms with Gasteiger partial charge in [0.1, 0.15) is 5.75 Å². The normalized spacial score (nSPS) is 11.6. The smallest absolute Gasteiger partial charge is 0.261 e. The van der Waals surface area contributed by atoms with E-state index < -0.39 is 9.05 Å². The van der Waals surface area contributed by atoms with Crippen LogP contribution in [-0.4, -0.2) is 15.0 Å². The van der Waals surface area contributed by atoms with Crippen molar-refractivity contribution in [3.8, 4) is 5.75 Å². The fraction of sp³-hybridized carbons (Fsp3) is 0.500. The molecular weight excluding hydrogens is 308 g/mol. The highest BCUT2D eigenvalue weighted by atomic mass is 35.7. The Balaban J connectivity index is 2.71. The minimum Gasteiger partial charge on any atom is -0.493 e. The standard InChI is InChI=1S/C16H23ClO3S/c1-4-5-6-7-8-11-20-16-10-9-14(21(17,18)19)12-15(16)13(2)3/h4,9-10,12-13H,1,5-8,11H2,2-3H3. The molecule has 0 unspecified atom stereocenters. The van der Waals surface area contributed by atoms with Crippen LogP contribution in [0.4, 0.5) is 0 Å². The largest absolute Gasteiger partial charge is 0.493 e. The zero-order valence-corrected chi connectivity index (χ0v) is 14.2. The lowest BCUT2D eigenvalue weighted by atomic mass is 10.0. The Morgan fingerprint density at radius 3 is 2.57 bits per heavy atom. The van der Waals surface area contributed by atoms with Crippen LogP contribution >= 0.6 is 10.7 Å². The molecule has 0 bridgehead atoms. The van der Waals surface area contributed by atoms with Gasteiger partial charge < -0.3 is 4.74 Å². The Hall–Kier alpha value is -1.00. The summed E-state index contributed by atoms with van der Waals surface area (Å²) in [4.78, 5) is 0.117. The predicted molar refractivity (Wildman–Crippen MR) is 87.7 cm³/mol. The summed E-state index contributed by atoms with van der Waals surface area (Å²) >= 11 is 0.